The van der Waals surface area contributed by atoms with E-state index in [0.29, 0.717) is 9.79 Å². The molecule has 2 aromatic carbocycles. The first-order valence-electron chi connectivity index (χ1n) is 4.74. The fourth-order valence-electron chi connectivity index (χ4n) is 1.32. The van der Waals surface area contributed by atoms with Crippen LogP contribution in [0.5, 0.6) is 5.75 Å². The summed E-state index contributed by atoms with van der Waals surface area (Å²) in [7, 11) is -1.26. The Kier molecular flexibility index (Phi) is 4.01. The van der Waals surface area contributed by atoms with Crippen molar-refractivity contribution in [2.45, 2.75) is 9.79 Å². The molecule has 1 atom stereocenters. The zero-order valence-corrected chi connectivity index (χ0v) is 12.5. The van der Waals surface area contributed by atoms with Crippen LogP contribution in [-0.4, -0.2) is 9.32 Å². The van der Waals surface area contributed by atoms with Gasteiger partial charge in [0.1, 0.15) is 5.75 Å². The molecular formula is C12H8Br2O2S. The van der Waals surface area contributed by atoms with Crippen molar-refractivity contribution >= 4 is 42.7 Å². The second-order valence-corrected chi connectivity index (χ2v) is 6.56. The maximum Gasteiger partial charge on any atom is 0.115 e. The van der Waals surface area contributed by atoms with E-state index in [0.717, 1.165) is 8.95 Å². The first-order valence-corrected chi connectivity index (χ1v) is 7.47. The molecule has 2 aromatic rings. The predicted molar refractivity (Wildman–Crippen MR) is 74.6 cm³/mol. The van der Waals surface area contributed by atoms with Gasteiger partial charge in [0, 0.05) is 13.8 Å². The maximum absolute atomic E-state index is 12.3. The Hall–Kier alpha value is -0.650. The molecule has 1 unspecified atom stereocenters. The number of hydrogen-bond acceptors (Lipinski definition) is 2. The topological polar surface area (TPSA) is 37.3 Å². The number of phenolic OH excluding ortho intramolecular Hbond substituents is 1. The van der Waals surface area contributed by atoms with Gasteiger partial charge in [-0.25, -0.2) is 4.21 Å². The molecule has 2 nitrogen and oxygen atoms in total. The van der Waals surface area contributed by atoms with Gasteiger partial charge in [-0.15, -0.1) is 0 Å². The van der Waals surface area contributed by atoms with E-state index in [-0.39, 0.29) is 5.75 Å². The Labute approximate surface area is 118 Å². The summed E-state index contributed by atoms with van der Waals surface area (Å²) in [6.07, 6.45) is 0. The third-order valence-electron chi connectivity index (χ3n) is 2.14. The fraction of sp³-hybridized carbons (Fsp3) is 0. The van der Waals surface area contributed by atoms with Gasteiger partial charge in [0.15, 0.2) is 0 Å². The van der Waals surface area contributed by atoms with Crippen molar-refractivity contribution in [2.75, 3.05) is 0 Å². The van der Waals surface area contributed by atoms with E-state index in [1.54, 1.807) is 12.1 Å². The van der Waals surface area contributed by atoms with Gasteiger partial charge in [0.25, 0.3) is 0 Å². The highest BCUT2D eigenvalue weighted by atomic mass is 79.9. The van der Waals surface area contributed by atoms with Gasteiger partial charge in [-0.05, 0) is 58.4 Å². The lowest BCUT2D eigenvalue weighted by Crippen LogP contribution is -1.93. The quantitative estimate of drug-likeness (QED) is 0.858. The summed E-state index contributed by atoms with van der Waals surface area (Å²) in [5.41, 5.74) is 0. The molecule has 17 heavy (non-hydrogen) atoms. The van der Waals surface area contributed by atoms with Crippen LogP contribution in [0.15, 0.2) is 61.2 Å². The lowest BCUT2D eigenvalue weighted by atomic mass is 10.3. The van der Waals surface area contributed by atoms with Crippen molar-refractivity contribution in [3.63, 3.8) is 0 Å². The monoisotopic (exact) mass is 374 g/mol. The normalized spacial score (nSPS) is 12.4. The number of aromatic hydroxyl groups is 1. The highest BCUT2D eigenvalue weighted by Crippen LogP contribution is 2.28. The predicted octanol–water partition coefficient (Wildman–Crippen LogP) is 4.08. The lowest BCUT2D eigenvalue weighted by molar-refractivity contribution is 0.475. The van der Waals surface area contributed by atoms with E-state index in [2.05, 4.69) is 31.9 Å². The summed E-state index contributed by atoms with van der Waals surface area (Å²) in [5.74, 6) is 0.166. The van der Waals surface area contributed by atoms with E-state index in [4.69, 9.17) is 0 Å². The van der Waals surface area contributed by atoms with Gasteiger partial charge in [0.2, 0.25) is 0 Å². The summed E-state index contributed by atoms with van der Waals surface area (Å²) in [6.45, 7) is 0. The van der Waals surface area contributed by atoms with Gasteiger partial charge >= 0.3 is 0 Å². The van der Waals surface area contributed by atoms with Crippen molar-refractivity contribution in [3.05, 3.63) is 51.4 Å². The highest BCUT2D eigenvalue weighted by Gasteiger charge is 2.11. The molecule has 0 amide bonds. The molecule has 2 rings (SSSR count). The number of phenols is 1. The third kappa shape index (κ3) is 2.97. The van der Waals surface area contributed by atoms with Crippen molar-refractivity contribution in [1.82, 2.24) is 0 Å². The molecule has 0 bridgehead atoms. The minimum absolute atomic E-state index is 0.166. The van der Waals surface area contributed by atoms with Crippen LogP contribution in [0.3, 0.4) is 0 Å². The third-order valence-corrected chi connectivity index (χ3v) is 5.03. The van der Waals surface area contributed by atoms with E-state index < -0.39 is 10.8 Å². The highest BCUT2D eigenvalue weighted by molar-refractivity contribution is 9.11. The average Bonchev–Trinajstić information content (AvgIpc) is 2.32. The molecule has 88 valence electrons. The molecule has 1 N–H and O–H groups in total. The second kappa shape index (κ2) is 5.33. The molecule has 0 aliphatic heterocycles. The number of benzene rings is 2. The molecule has 5 heteroatoms. The van der Waals surface area contributed by atoms with Crippen LogP contribution in [0.2, 0.25) is 0 Å². The van der Waals surface area contributed by atoms with Crippen LogP contribution in [0.1, 0.15) is 0 Å². The summed E-state index contributed by atoms with van der Waals surface area (Å²) in [4.78, 5) is 1.35. The Morgan fingerprint density at radius 2 is 1.65 bits per heavy atom. The standard InChI is InChI=1S/C12H8Br2O2S/c13-8-1-6-11(14)12(7-8)17(16)10-4-2-9(15)3-5-10/h1-7,15H. The van der Waals surface area contributed by atoms with Gasteiger partial charge in [-0.3, -0.25) is 0 Å². The van der Waals surface area contributed by atoms with E-state index >= 15 is 0 Å². The van der Waals surface area contributed by atoms with Gasteiger partial charge in [0.05, 0.1) is 15.7 Å². The van der Waals surface area contributed by atoms with E-state index in [1.807, 2.05) is 18.2 Å². The minimum atomic E-state index is -1.26. The summed E-state index contributed by atoms with van der Waals surface area (Å²) < 4.78 is 14.0. The zero-order chi connectivity index (χ0) is 12.4. The van der Waals surface area contributed by atoms with Crippen LogP contribution < -0.4 is 0 Å². The molecule has 0 fully saturated rings. The number of rotatable bonds is 2. The molecule has 0 spiro atoms. The average molecular weight is 376 g/mol. The van der Waals surface area contributed by atoms with Crippen LogP contribution in [0, 0.1) is 0 Å². The molecular weight excluding hydrogens is 368 g/mol. The zero-order valence-electron chi connectivity index (χ0n) is 8.56. The smallest absolute Gasteiger partial charge is 0.115 e. The molecule has 0 aromatic heterocycles. The van der Waals surface area contributed by atoms with Gasteiger partial charge in [-0.1, -0.05) is 15.9 Å². The minimum Gasteiger partial charge on any atom is -0.508 e. The molecule has 0 aliphatic carbocycles. The van der Waals surface area contributed by atoms with Crippen LogP contribution in [0.4, 0.5) is 0 Å². The van der Waals surface area contributed by atoms with Crippen molar-refractivity contribution in [1.29, 1.82) is 0 Å². The summed E-state index contributed by atoms with van der Waals surface area (Å²) in [5, 5.41) is 9.19. The largest absolute Gasteiger partial charge is 0.508 e. The fourth-order valence-corrected chi connectivity index (χ4v) is 3.63. The number of hydrogen-bond donors (Lipinski definition) is 1. The first-order chi connectivity index (χ1) is 8.08. The van der Waals surface area contributed by atoms with E-state index in [9.17, 15) is 9.32 Å². The first kappa shape index (κ1) is 12.8. The van der Waals surface area contributed by atoms with Crippen LogP contribution in [-0.2, 0) is 10.8 Å². The van der Waals surface area contributed by atoms with Crippen molar-refractivity contribution in [2.24, 2.45) is 0 Å². The van der Waals surface area contributed by atoms with Crippen molar-refractivity contribution in [3.8, 4) is 5.75 Å². The Balaban J connectivity index is 2.43. The van der Waals surface area contributed by atoms with E-state index in [1.165, 1.54) is 12.1 Å². The summed E-state index contributed by atoms with van der Waals surface area (Å²) in [6, 6.07) is 11.9. The van der Waals surface area contributed by atoms with Crippen LogP contribution in [0.25, 0.3) is 0 Å². The van der Waals surface area contributed by atoms with Gasteiger partial charge < -0.3 is 5.11 Å². The SMILES string of the molecule is O=S(c1ccc(O)cc1)c1cc(Br)ccc1Br. The molecule has 0 aliphatic rings. The Bertz CT molecular complexity index is 567. The second-order valence-electron chi connectivity index (χ2n) is 3.34. The molecule has 0 saturated carbocycles. The molecule has 0 saturated heterocycles. The van der Waals surface area contributed by atoms with Crippen molar-refractivity contribution < 1.29 is 9.32 Å². The Morgan fingerprint density at radius 1 is 1.00 bits per heavy atom. The van der Waals surface area contributed by atoms with Crippen LogP contribution >= 0.6 is 31.9 Å². The lowest BCUT2D eigenvalue weighted by Gasteiger charge is -2.05. The molecule has 0 radical (unpaired) electrons. The number of halogens is 2. The Morgan fingerprint density at radius 3 is 2.29 bits per heavy atom. The molecule has 0 heterocycles. The van der Waals surface area contributed by atoms with Gasteiger partial charge in [-0.2, -0.15) is 0 Å². The summed E-state index contributed by atoms with van der Waals surface area (Å²) >= 11 is 6.73. The maximum atomic E-state index is 12.3.